The van der Waals surface area contributed by atoms with Crippen LogP contribution in [-0.2, 0) is 17.8 Å². The van der Waals surface area contributed by atoms with Crippen LogP contribution < -0.4 is 4.90 Å². The van der Waals surface area contributed by atoms with Crippen LogP contribution in [0.15, 0.2) is 72.8 Å². The number of carbonyl (C=O) groups is 1. The molecule has 0 unspecified atom stereocenters. The molecule has 0 radical (unpaired) electrons. The number of thiazole rings is 1. The molecule has 140 valence electrons. The highest BCUT2D eigenvalue weighted by molar-refractivity contribution is 7.22. The van der Waals surface area contributed by atoms with Crippen LogP contribution in [0.25, 0.3) is 10.2 Å². The van der Waals surface area contributed by atoms with E-state index in [4.69, 9.17) is 16.6 Å². The Morgan fingerprint density at radius 2 is 1.75 bits per heavy atom. The lowest BCUT2D eigenvalue weighted by Crippen LogP contribution is -2.31. The van der Waals surface area contributed by atoms with Crippen LogP contribution in [-0.4, -0.2) is 10.9 Å². The first-order chi connectivity index (χ1) is 13.6. The normalized spacial score (nSPS) is 10.9. The number of aryl methyl sites for hydroxylation is 1. The van der Waals surface area contributed by atoms with Gasteiger partial charge in [0.05, 0.1) is 23.2 Å². The van der Waals surface area contributed by atoms with Crippen LogP contribution in [0.1, 0.15) is 16.7 Å². The van der Waals surface area contributed by atoms with E-state index in [1.807, 2.05) is 79.7 Å². The molecule has 0 fully saturated rings. The number of aromatic nitrogens is 1. The average molecular weight is 407 g/mol. The molecule has 1 aromatic heterocycles. The molecule has 4 aromatic rings. The Bertz CT molecular complexity index is 1110. The van der Waals surface area contributed by atoms with Crippen LogP contribution in [0.2, 0.25) is 5.02 Å². The summed E-state index contributed by atoms with van der Waals surface area (Å²) in [6.45, 7) is 2.53. The number of fused-ring (bicyclic) bond motifs is 1. The second kappa shape index (κ2) is 8.13. The fourth-order valence-corrected chi connectivity index (χ4v) is 4.26. The zero-order valence-electron chi connectivity index (χ0n) is 15.4. The number of nitrogens with zero attached hydrogens (tertiary/aromatic N) is 2. The Morgan fingerprint density at radius 1 is 1.00 bits per heavy atom. The number of amides is 1. The zero-order chi connectivity index (χ0) is 19.5. The Kier molecular flexibility index (Phi) is 5.42. The fraction of sp³-hybridized carbons (Fsp3) is 0.130. The Labute approximate surface area is 173 Å². The first-order valence-electron chi connectivity index (χ1n) is 9.04. The number of rotatable bonds is 5. The molecule has 3 aromatic carbocycles. The smallest absolute Gasteiger partial charge is 0.233 e. The molecular weight excluding hydrogens is 388 g/mol. The molecule has 0 spiro atoms. The maximum atomic E-state index is 13.2. The molecule has 0 aliphatic heterocycles. The summed E-state index contributed by atoms with van der Waals surface area (Å²) in [7, 11) is 0. The van der Waals surface area contributed by atoms with Gasteiger partial charge in [0.15, 0.2) is 5.13 Å². The minimum atomic E-state index is 0.0258. The molecule has 0 aliphatic rings. The van der Waals surface area contributed by atoms with Gasteiger partial charge in [0, 0.05) is 5.02 Å². The van der Waals surface area contributed by atoms with E-state index in [-0.39, 0.29) is 5.91 Å². The van der Waals surface area contributed by atoms with Gasteiger partial charge in [-0.25, -0.2) is 4.98 Å². The highest BCUT2D eigenvalue weighted by Crippen LogP contribution is 2.32. The minimum Gasteiger partial charge on any atom is -0.283 e. The van der Waals surface area contributed by atoms with Gasteiger partial charge in [-0.1, -0.05) is 83.1 Å². The lowest BCUT2D eigenvalue weighted by atomic mass is 10.1. The molecular formula is C23H19ClN2OS. The number of halogens is 1. The number of benzene rings is 3. The highest BCUT2D eigenvalue weighted by atomic mass is 35.5. The van der Waals surface area contributed by atoms with Crippen molar-refractivity contribution >= 4 is 44.2 Å². The summed E-state index contributed by atoms with van der Waals surface area (Å²) >= 11 is 7.61. The number of hydrogen-bond acceptors (Lipinski definition) is 3. The third kappa shape index (κ3) is 4.24. The van der Waals surface area contributed by atoms with Gasteiger partial charge in [-0.05, 0) is 36.2 Å². The highest BCUT2D eigenvalue weighted by Gasteiger charge is 2.20. The fourth-order valence-electron chi connectivity index (χ4n) is 3.01. The van der Waals surface area contributed by atoms with E-state index in [1.54, 1.807) is 4.90 Å². The second-order valence-electron chi connectivity index (χ2n) is 6.74. The van der Waals surface area contributed by atoms with Crippen LogP contribution in [0.5, 0.6) is 0 Å². The van der Waals surface area contributed by atoms with Crippen molar-refractivity contribution in [2.45, 2.75) is 19.9 Å². The van der Waals surface area contributed by atoms with Gasteiger partial charge >= 0.3 is 0 Å². The molecule has 0 N–H and O–H groups in total. The second-order valence-corrected chi connectivity index (χ2v) is 8.18. The maximum absolute atomic E-state index is 13.2. The molecule has 0 aliphatic carbocycles. The largest absolute Gasteiger partial charge is 0.283 e. The molecule has 3 nitrogen and oxygen atoms in total. The van der Waals surface area contributed by atoms with Crippen molar-refractivity contribution in [2.75, 3.05) is 4.90 Å². The van der Waals surface area contributed by atoms with Crippen molar-refractivity contribution in [3.05, 3.63) is 94.5 Å². The first-order valence-corrected chi connectivity index (χ1v) is 10.2. The van der Waals surface area contributed by atoms with E-state index in [9.17, 15) is 4.79 Å². The van der Waals surface area contributed by atoms with E-state index >= 15 is 0 Å². The summed E-state index contributed by atoms with van der Waals surface area (Å²) in [5, 5.41) is 1.36. The van der Waals surface area contributed by atoms with Gasteiger partial charge in [-0.2, -0.15) is 0 Å². The summed E-state index contributed by atoms with van der Waals surface area (Å²) in [6.07, 6.45) is 0.337. The molecule has 0 bridgehead atoms. The lowest BCUT2D eigenvalue weighted by Gasteiger charge is -2.20. The predicted molar refractivity (Wildman–Crippen MR) is 117 cm³/mol. The van der Waals surface area contributed by atoms with Crippen LogP contribution in [0.4, 0.5) is 5.13 Å². The van der Waals surface area contributed by atoms with Gasteiger partial charge in [-0.15, -0.1) is 0 Å². The van der Waals surface area contributed by atoms with Crippen molar-refractivity contribution in [3.8, 4) is 0 Å². The summed E-state index contributed by atoms with van der Waals surface area (Å²) < 4.78 is 0.976. The van der Waals surface area contributed by atoms with Crippen molar-refractivity contribution in [2.24, 2.45) is 0 Å². The first kappa shape index (κ1) is 18.7. The molecule has 1 heterocycles. The van der Waals surface area contributed by atoms with E-state index in [2.05, 4.69) is 0 Å². The van der Waals surface area contributed by atoms with Gasteiger partial charge in [0.2, 0.25) is 5.91 Å². The third-order valence-corrected chi connectivity index (χ3v) is 5.81. The number of anilines is 1. The number of carbonyl (C=O) groups excluding carboxylic acids is 1. The van der Waals surface area contributed by atoms with E-state index in [0.29, 0.717) is 23.1 Å². The quantitative estimate of drug-likeness (QED) is 0.405. The summed E-state index contributed by atoms with van der Waals surface area (Å²) in [5.74, 6) is 0.0258. The van der Waals surface area contributed by atoms with Crippen molar-refractivity contribution in [1.29, 1.82) is 0 Å². The summed E-state index contributed by atoms with van der Waals surface area (Å²) in [4.78, 5) is 19.7. The van der Waals surface area contributed by atoms with E-state index in [0.717, 1.165) is 21.3 Å². The maximum Gasteiger partial charge on any atom is 0.233 e. The molecule has 0 saturated carbocycles. The van der Waals surface area contributed by atoms with E-state index in [1.165, 1.54) is 16.9 Å². The predicted octanol–water partition coefficient (Wildman–Crippen LogP) is 6.03. The van der Waals surface area contributed by atoms with Crippen molar-refractivity contribution < 1.29 is 4.79 Å². The molecule has 4 rings (SSSR count). The van der Waals surface area contributed by atoms with E-state index < -0.39 is 0 Å². The third-order valence-electron chi connectivity index (χ3n) is 4.53. The zero-order valence-corrected chi connectivity index (χ0v) is 17.0. The molecule has 1 amide bonds. The SMILES string of the molecule is Cc1ccc(CC(=O)N(Cc2ccccc2)c2nc3ccc(Cl)cc3s2)cc1. The average Bonchev–Trinajstić information content (AvgIpc) is 3.11. The van der Waals surface area contributed by atoms with Gasteiger partial charge in [0.25, 0.3) is 0 Å². The van der Waals surface area contributed by atoms with Crippen molar-refractivity contribution in [1.82, 2.24) is 4.98 Å². The van der Waals surface area contributed by atoms with Gasteiger partial charge < -0.3 is 0 Å². The monoisotopic (exact) mass is 406 g/mol. The Hall–Kier alpha value is -2.69. The standard InChI is InChI=1S/C23H19ClN2OS/c1-16-7-9-17(10-8-16)13-22(27)26(15-18-5-3-2-4-6-18)23-25-20-12-11-19(24)14-21(20)28-23/h2-12,14H,13,15H2,1H3. The lowest BCUT2D eigenvalue weighted by molar-refractivity contribution is -0.118. The Balaban J connectivity index is 1.67. The number of hydrogen-bond donors (Lipinski definition) is 0. The molecule has 0 saturated heterocycles. The Morgan fingerprint density at radius 3 is 2.50 bits per heavy atom. The molecule has 5 heteroatoms. The summed E-state index contributed by atoms with van der Waals surface area (Å²) in [6, 6.07) is 23.7. The van der Waals surface area contributed by atoms with Crippen molar-refractivity contribution in [3.63, 3.8) is 0 Å². The van der Waals surface area contributed by atoms with Gasteiger partial charge in [0.1, 0.15) is 0 Å². The molecule has 0 atom stereocenters. The van der Waals surface area contributed by atoms with Gasteiger partial charge in [-0.3, -0.25) is 9.69 Å². The molecule has 28 heavy (non-hydrogen) atoms. The van der Waals surface area contributed by atoms with Crippen LogP contribution in [0.3, 0.4) is 0 Å². The summed E-state index contributed by atoms with van der Waals surface area (Å²) in [5.41, 5.74) is 4.10. The topological polar surface area (TPSA) is 33.2 Å². The minimum absolute atomic E-state index is 0.0258. The van der Waals surface area contributed by atoms with Crippen LogP contribution in [0, 0.1) is 6.92 Å². The van der Waals surface area contributed by atoms with Crippen LogP contribution >= 0.6 is 22.9 Å².